The van der Waals surface area contributed by atoms with Crippen molar-refractivity contribution in [1.82, 2.24) is 4.57 Å². The molecule has 2 rings (SSSR count). The monoisotopic (exact) mass is 243 g/mol. The van der Waals surface area contributed by atoms with E-state index >= 15 is 0 Å². The van der Waals surface area contributed by atoms with Crippen LogP contribution in [0.4, 0.5) is 0 Å². The van der Waals surface area contributed by atoms with E-state index in [2.05, 4.69) is 0 Å². The van der Waals surface area contributed by atoms with E-state index < -0.39 is 15.8 Å². The van der Waals surface area contributed by atoms with Crippen molar-refractivity contribution in [2.24, 2.45) is 0 Å². The number of sulfone groups is 1. The van der Waals surface area contributed by atoms with Crippen LogP contribution in [0.1, 0.15) is 16.1 Å². The van der Waals surface area contributed by atoms with Gasteiger partial charge >= 0.3 is 5.97 Å². The number of aromatic carboxylic acids is 1. The zero-order valence-electron chi connectivity index (χ0n) is 8.21. The Kier molecular flexibility index (Phi) is 2.34. The molecule has 1 aromatic heterocycles. The molecule has 16 heavy (non-hydrogen) atoms. The van der Waals surface area contributed by atoms with Crippen molar-refractivity contribution in [3.05, 3.63) is 33.7 Å². The second kappa shape index (κ2) is 3.44. The van der Waals surface area contributed by atoms with Crippen LogP contribution in [0.25, 0.3) is 0 Å². The number of carboxylic acids is 1. The molecule has 1 N–H and O–H groups in total. The molecule has 6 nitrogen and oxygen atoms in total. The van der Waals surface area contributed by atoms with Gasteiger partial charge in [-0.1, -0.05) is 0 Å². The maximum atomic E-state index is 11.4. The molecule has 0 saturated carbocycles. The lowest BCUT2D eigenvalue weighted by molar-refractivity contribution is 0.0694. The standard InChI is InChI=1S/C9H9NO5S/c11-8-2-1-6(9(12)13)7-5-16(14,15)4-3-10(7)8/h1-2H,3-5H2,(H,12,13). The molecule has 1 aliphatic heterocycles. The Balaban J connectivity index is 2.72. The van der Waals surface area contributed by atoms with Gasteiger partial charge in [0.15, 0.2) is 9.84 Å². The molecule has 0 radical (unpaired) electrons. The van der Waals surface area contributed by atoms with Crippen molar-refractivity contribution >= 4 is 15.8 Å². The van der Waals surface area contributed by atoms with Crippen molar-refractivity contribution in [3.8, 4) is 0 Å². The Hall–Kier alpha value is -1.63. The minimum Gasteiger partial charge on any atom is -0.478 e. The van der Waals surface area contributed by atoms with Crippen LogP contribution >= 0.6 is 0 Å². The molecule has 0 fully saturated rings. The first kappa shape index (κ1) is 10.9. The maximum absolute atomic E-state index is 11.4. The molecule has 0 saturated heterocycles. The molecule has 0 aromatic carbocycles. The number of carbonyl (C=O) groups is 1. The smallest absolute Gasteiger partial charge is 0.337 e. The van der Waals surface area contributed by atoms with E-state index in [-0.39, 0.29) is 34.9 Å². The molecule has 2 heterocycles. The maximum Gasteiger partial charge on any atom is 0.337 e. The van der Waals surface area contributed by atoms with Gasteiger partial charge in [0.1, 0.15) is 0 Å². The number of pyridine rings is 1. The van der Waals surface area contributed by atoms with Crippen LogP contribution in [-0.4, -0.2) is 29.8 Å². The van der Waals surface area contributed by atoms with Crippen molar-refractivity contribution < 1.29 is 18.3 Å². The molecule has 7 heteroatoms. The van der Waals surface area contributed by atoms with Gasteiger partial charge in [-0.05, 0) is 6.07 Å². The van der Waals surface area contributed by atoms with Crippen LogP contribution in [0.15, 0.2) is 16.9 Å². The first-order valence-corrected chi connectivity index (χ1v) is 6.39. The van der Waals surface area contributed by atoms with Gasteiger partial charge in [0, 0.05) is 12.6 Å². The average molecular weight is 243 g/mol. The predicted octanol–water partition coefficient (Wildman–Crippen LogP) is -0.525. The minimum atomic E-state index is -3.29. The van der Waals surface area contributed by atoms with Crippen molar-refractivity contribution in [2.75, 3.05) is 5.75 Å². The second-order valence-electron chi connectivity index (χ2n) is 3.58. The number of hydrogen-bond acceptors (Lipinski definition) is 4. The van der Waals surface area contributed by atoms with Crippen LogP contribution in [-0.2, 0) is 22.1 Å². The Labute approximate surface area is 91.1 Å². The first-order valence-electron chi connectivity index (χ1n) is 4.57. The Morgan fingerprint density at radius 3 is 2.69 bits per heavy atom. The number of aromatic nitrogens is 1. The van der Waals surface area contributed by atoms with E-state index in [1.54, 1.807) is 0 Å². The zero-order chi connectivity index (χ0) is 11.9. The zero-order valence-corrected chi connectivity index (χ0v) is 9.03. The number of nitrogens with zero attached hydrogens (tertiary/aromatic N) is 1. The summed E-state index contributed by atoms with van der Waals surface area (Å²) in [5.74, 6) is -1.73. The van der Waals surface area contributed by atoms with E-state index in [1.165, 1.54) is 4.57 Å². The van der Waals surface area contributed by atoms with Crippen LogP contribution in [0.2, 0.25) is 0 Å². The summed E-state index contributed by atoms with van der Waals surface area (Å²) in [6.45, 7) is 0.0254. The van der Waals surface area contributed by atoms with Gasteiger partial charge in [0.05, 0.1) is 22.8 Å². The lowest BCUT2D eigenvalue weighted by Crippen LogP contribution is -2.34. The van der Waals surface area contributed by atoms with Crippen molar-refractivity contribution in [2.45, 2.75) is 12.3 Å². The van der Waals surface area contributed by atoms with Gasteiger partial charge in [-0.15, -0.1) is 0 Å². The molecule has 0 unspecified atom stereocenters. The number of rotatable bonds is 1. The third kappa shape index (κ3) is 1.73. The van der Waals surface area contributed by atoms with Crippen LogP contribution in [0.5, 0.6) is 0 Å². The lowest BCUT2D eigenvalue weighted by Gasteiger charge is -2.19. The van der Waals surface area contributed by atoms with Crippen molar-refractivity contribution in [1.29, 1.82) is 0 Å². The molecular weight excluding hydrogens is 234 g/mol. The fourth-order valence-electron chi connectivity index (χ4n) is 1.73. The molecule has 86 valence electrons. The van der Waals surface area contributed by atoms with Gasteiger partial charge in [-0.2, -0.15) is 0 Å². The summed E-state index contributed by atoms with van der Waals surface area (Å²) < 4.78 is 24.0. The SMILES string of the molecule is O=C(O)c1ccc(=O)n2c1CS(=O)(=O)CC2. The Morgan fingerprint density at radius 2 is 2.06 bits per heavy atom. The molecular formula is C9H9NO5S. The second-order valence-corrected chi connectivity index (χ2v) is 5.76. The summed E-state index contributed by atoms with van der Waals surface area (Å²) in [4.78, 5) is 22.3. The van der Waals surface area contributed by atoms with Gasteiger partial charge < -0.3 is 9.67 Å². The van der Waals surface area contributed by atoms with Crippen LogP contribution in [0.3, 0.4) is 0 Å². The highest BCUT2D eigenvalue weighted by molar-refractivity contribution is 7.90. The summed E-state index contributed by atoms with van der Waals surface area (Å²) in [6.07, 6.45) is 0. The topological polar surface area (TPSA) is 93.4 Å². The van der Waals surface area contributed by atoms with Gasteiger partial charge in [0.25, 0.3) is 5.56 Å². The predicted molar refractivity (Wildman–Crippen MR) is 55.2 cm³/mol. The molecule has 0 bridgehead atoms. The molecule has 1 aliphatic rings. The summed E-state index contributed by atoms with van der Waals surface area (Å²) >= 11 is 0. The van der Waals surface area contributed by atoms with E-state index in [0.29, 0.717) is 0 Å². The molecule has 0 spiro atoms. The van der Waals surface area contributed by atoms with Gasteiger partial charge in [-0.25, -0.2) is 13.2 Å². The number of carboxylic acid groups (broad SMARTS) is 1. The minimum absolute atomic E-state index is 0.0254. The quantitative estimate of drug-likeness (QED) is 0.716. The highest BCUT2D eigenvalue weighted by atomic mass is 32.2. The normalized spacial score (nSPS) is 17.8. The lowest BCUT2D eigenvalue weighted by atomic mass is 10.2. The Morgan fingerprint density at radius 1 is 1.38 bits per heavy atom. The molecule has 0 aliphatic carbocycles. The summed E-state index contributed by atoms with van der Waals surface area (Å²) in [5, 5.41) is 8.89. The third-order valence-corrected chi connectivity index (χ3v) is 4.03. The summed E-state index contributed by atoms with van der Waals surface area (Å²) in [6, 6.07) is 2.29. The highest BCUT2D eigenvalue weighted by Gasteiger charge is 2.26. The number of hydrogen-bond donors (Lipinski definition) is 1. The Bertz CT molecular complexity index is 613. The van der Waals surface area contributed by atoms with Gasteiger partial charge in [0.2, 0.25) is 0 Å². The summed E-state index contributed by atoms with van der Waals surface area (Å²) in [7, 11) is -3.29. The molecule has 0 atom stereocenters. The van der Waals surface area contributed by atoms with Gasteiger partial charge in [-0.3, -0.25) is 4.79 Å². The van der Waals surface area contributed by atoms with E-state index in [1.807, 2.05) is 0 Å². The van der Waals surface area contributed by atoms with E-state index in [9.17, 15) is 18.0 Å². The molecule has 1 aromatic rings. The summed E-state index contributed by atoms with van der Waals surface area (Å²) in [5.41, 5.74) is -0.413. The fraction of sp³-hybridized carbons (Fsp3) is 0.333. The molecule has 0 amide bonds. The van der Waals surface area contributed by atoms with Crippen LogP contribution in [0, 0.1) is 0 Å². The first-order chi connectivity index (χ1) is 7.41. The fourth-order valence-corrected chi connectivity index (χ4v) is 3.06. The largest absolute Gasteiger partial charge is 0.478 e. The van der Waals surface area contributed by atoms with Crippen LogP contribution < -0.4 is 5.56 Å². The average Bonchev–Trinajstić information content (AvgIpc) is 2.15. The van der Waals surface area contributed by atoms with E-state index in [4.69, 9.17) is 5.11 Å². The van der Waals surface area contributed by atoms with E-state index in [0.717, 1.165) is 12.1 Å². The van der Waals surface area contributed by atoms with Crippen molar-refractivity contribution in [3.63, 3.8) is 0 Å². The third-order valence-electron chi connectivity index (χ3n) is 2.51. The highest BCUT2D eigenvalue weighted by Crippen LogP contribution is 2.16. The number of fused-ring (bicyclic) bond motifs is 1.